The molecule has 3 aromatic carbocycles. The molecule has 0 saturated carbocycles. The van der Waals surface area contributed by atoms with E-state index < -0.39 is 23.3 Å². The predicted octanol–water partition coefficient (Wildman–Crippen LogP) is 3.44. The lowest BCUT2D eigenvalue weighted by Gasteiger charge is -2.10. The van der Waals surface area contributed by atoms with Gasteiger partial charge in [-0.05, 0) is 41.5 Å². The molecule has 4 rings (SSSR count). The topological polar surface area (TPSA) is 108 Å². The van der Waals surface area contributed by atoms with Gasteiger partial charge in [0.15, 0.2) is 11.6 Å². The first-order valence-corrected chi connectivity index (χ1v) is 10.2. The van der Waals surface area contributed by atoms with Crippen LogP contribution in [-0.4, -0.2) is 33.7 Å². The summed E-state index contributed by atoms with van der Waals surface area (Å²) in [6.45, 7) is 0.129. The van der Waals surface area contributed by atoms with Gasteiger partial charge in [-0.25, -0.2) is 14.2 Å². The summed E-state index contributed by atoms with van der Waals surface area (Å²) in [7, 11) is 1.51. The van der Waals surface area contributed by atoms with Crippen LogP contribution in [0.2, 0.25) is 0 Å². The van der Waals surface area contributed by atoms with Crippen molar-refractivity contribution in [1.29, 1.82) is 0 Å². The molecule has 9 heteroatoms. The van der Waals surface area contributed by atoms with Crippen LogP contribution in [0.3, 0.4) is 0 Å². The van der Waals surface area contributed by atoms with Crippen molar-refractivity contribution < 1.29 is 28.6 Å². The summed E-state index contributed by atoms with van der Waals surface area (Å²) in [5.74, 6) is -2.37. The van der Waals surface area contributed by atoms with Crippen molar-refractivity contribution in [2.24, 2.45) is 0 Å². The first kappa shape index (κ1) is 22.7. The largest absolute Gasteiger partial charge is 0.497 e. The van der Waals surface area contributed by atoms with Crippen LogP contribution >= 0.6 is 0 Å². The highest BCUT2D eigenvalue weighted by atomic mass is 19.1. The average molecular weight is 462 g/mol. The average Bonchev–Trinajstić information content (AvgIpc) is 2.82. The lowest BCUT2D eigenvalue weighted by Crippen LogP contribution is -2.21. The van der Waals surface area contributed by atoms with Crippen LogP contribution in [0.4, 0.5) is 4.39 Å². The Bertz CT molecular complexity index is 1450. The van der Waals surface area contributed by atoms with Crippen LogP contribution in [0.5, 0.6) is 11.5 Å². The summed E-state index contributed by atoms with van der Waals surface area (Å²) in [5, 5.41) is 9.09. The first-order chi connectivity index (χ1) is 16.3. The number of halogens is 1. The van der Waals surface area contributed by atoms with Gasteiger partial charge in [0.1, 0.15) is 5.75 Å². The zero-order valence-corrected chi connectivity index (χ0v) is 18.0. The molecule has 0 spiro atoms. The van der Waals surface area contributed by atoms with Crippen molar-refractivity contribution in [3.8, 4) is 11.5 Å². The van der Waals surface area contributed by atoms with E-state index >= 15 is 0 Å². The molecule has 0 fully saturated rings. The summed E-state index contributed by atoms with van der Waals surface area (Å²) in [5.41, 5.74) is 1.09. The fraction of sp³-hybridized carbons (Fsp3) is 0.120. The zero-order valence-electron chi connectivity index (χ0n) is 18.0. The Kier molecular flexibility index (Phi) is 6.35. The molecule has 1 heterocycles. The van der Waals surface area contributed by atoms with Gasteiger partial charge < -0.3 is 14.6 Å². The summed E-state index contributed by atoms with van der Waals surface area (Å²) >= 11 is 0. The fourth-order valence-electron chi connectivity index (χ4n) is 3.41. The number of hydrogen-bond acceptors (Lipinski definition) is 6. The maximum atomic E-state index is 14.5. The van der Waals surface area contributed by atoms with Gasteiger partial charge >= 0.3 is 11.9 Å². The standard InChI is InChI=1S/C25H19FN2O6/c1-33-18-4-2-3-16(9-18)10-23(29)34-22-11-19-21(12-20(22)26)27-14-28(24(19)30)13-15-5-7-17(8-6-15)25(31)32/h2-9,11-12,14H,10,13H2,1H3,(H,31,32). The number of hydrogen-bond donors (Lipinski definition) is 1. The van der Waals surface area contributed by atoms with Crippen LogP contribution in [0.1, 0.15) is 21.5 Å². The summed E-state index contributed by atoms with van der Waals surface area (Å²) in [4.78, 5) is 40.5. The monoisotopic (exact) mass is 462 g/mol. The number of carbonyl (C=O) groups excluding carboxylic acids is 1. The summed E-state index contributed by atoms with van der Waals surface area (Å²) < 4.78 is 26.1. The molecule has 0 aliphatic carbocycles. The van der Waals surface area contributed by atoms with Crippen molar-refractivity contribution in [1.82, 2.24) is 9.55 Å². The van der Waals surface area contributed by atoms with Crippen LogP contribution in [0.15, 0.2) is 71.8 Å². The number of fused-ring (bicyclic) bond motifs is 1. The lowest BCUT2D eigenvalue weighted by atomic mass is 10.1. The van der Waals surface area contributed by atoms with Gasteiger partial charge in [-0.3, -0.25) is 14.2 Å². The molecule has 8 nitrogen and oxygen atoms in total. The second-order valence-electron chi connectivity index (χ2n) is 7.48. The van der Waals surface area contributed by atoms with E-state index in [1.54, 1.807) is 36.4 Å². The molecule has 0 unspecified atom stereocenters. The molecular weight excluding hydrogens is 443 g/mol. The van der Waals surface area contributed by atoms with E-state index in [2.05, 4.69) is 4.98 Å². The highest BCUT2D eigenvalue weighted by Crippen LogP contribution is 2.23. The normalized spacial score (nSPS) is 10.8. The minimum atomic E-state index is -1.05. The smallest absolute Gasteiger partial charge is 0.335 e. The van der Waals surface area contributed by atoms with Crippen LogP contribution < -0.4 is 15.0 Å². The maximum absolute atomic E-state index is 14.5. The Morgan fingerprint density at radius 3 is 2.53 bits per heavy atom. The SMILES string of the molecule is COc1cccc(CC(=O)Oc2cc3c(=O)n(Cc4ccc(C(=O)O)cc4)cnc3cc2F)c1. The number of methoxy groups -OCH3 is 1. The molecular formula is C25H19FN2O6. The maximum Gasteiger partial charge on any atom is 0.335 e. The molecule has 0 aliphatic rings. The van der Waals surface area contributed by atoms with Gasteiger partial charge in [-0.15, -0.1) is 0 Å². The number of rotatable bonds is 7. The number of ether oxygens (including phenoxy) is 2. The molecule has 34 heavy (non-hydrogen) atoms. The number of benzene rings is 3. The number of nitrogens with zero attached hydrogens (tertiary/aromatic N) is 2. The van der Waals surface area contributed by atoms with Gasteiger partial charge in [-0.2, -0.15) is 0 Å². The van der Waals surface area contributed by atoms with Crippen LogP contribution in [0, 0.1) is 5.82 Å². The van der Waals surface area contributed by atoms with Gasteiger partial charge in [0.25, 0.3) is 5.56 Å². The number of carboxylic acids is 1. The molecule has 0 saturated heterocycles. The fourth-order valence-corrected chi connectivity index (χ4v) is 3.41. The van der Waals surface area contributed by atoms with Crippen LogP contribution in [-0.2, 0) is 17.8 Å². The number of carbonyl (C=O) groups is 2. The molecule has 0 bridgehead atoms. The number of aromatic carboxylic acids is 1. The number of carboxylic acid groups (broad SMARTS) is 1. The van der Waals surface area contributed by atoms with Gasteiger partial charge in [0, 0.05) is 6.07 Å². The second-order valence-corrected chi connectivity index (χ2v) is 7.48. The molecule has 0 radical (unpaired) electrons. The van der Waals surface area contributed by atoms with Crippen LogP contribution in [0.25, 0.3) is 10.9 Å². The third-order valence-electron chi connectivity index (χ3n) is 5.14. The second kappa shape index (κ2) is 9.53. The number of esters is 1. The molecule has 1 N–H and O–H groups in total. The van der Waals surface area contributed by atoms with E-state index in [0.29, 0.717) is 16.9 Å². The van der Waals surface area contributed by atoms with Crippen molar-refractivity contribution in [2.75, 3.05) is 7.11 Å². The Morgan fingerprint density at radius 1 is 1.06 bits per heavy atom. The predicted molar refractivity (Wildman–Crippen MR) is 121 cm³/mol. The molecule has 4 aromatic rings. The van der Waals surface area contributed by atoms with E-state index in [1.807, 2.05) is 0 Å². The minimum Gasteiger partial charge on any atom is -0.497 e. The first-order valence-electron chi connectivity index (χ1n) is 10.2. The molecule has 0 atom stereocenters. The Hall–Kier alpha value is -4.53. The van der Waals surface area contributed by atoms with E-state index in [0.717, 1.165) is 12.1 Å². The molecule has 172 valence electrons. The van der Waals surface area contributed by atoms with Crippen molar-refractivity contribution in [2.45, 2.75) is 13.0 Å². The quantitative estimate of drug-likeness (QED) is 0.331. The Morgan fingerprint density at radius 2 is 1.82 bits per heavy atom. The van der Waals surface area contributed by atoms with Crippen molar-refractivity contribution in [3.05, 3.63) is 99.9 Å². The number of aromatic nitrogens is 2. The van der Waals surface area contributed by atoms with Gasteiger partial charge in [0.05, 0.1) is 42.9 Å². The third kappa shape index (κ3) is 4.93. The van der Waals surface area contributed by atoms with Gasteiger partial charge in [0.2, 0.25) is 0 Å². The lowest BCUT2D eigenvalue weighted by molar-refractivity contribution is -0.133. The van der Waals surface area contributed by atoms with Crippen molar-refractivity contribution >= 4 is 22.8 Å². The minimum absolute atomic E-state index is 0.0789. The van der Waals surface area contributed by atoms with E-state index in [9.17, 15) is 18.8 Å². The highest BCUT2D eigenvalue weighted by molar-refractivity contribution is 5.87. The molecule has 0 aliphatic heterocycles. The molecule has 0 amide bonds. The summed E-state index contributed by atoms with van der Waals surface area (Å²) in [6, 6.07) is 15.1. The van der Waals surface area contributed by atoms with Crippen molar-refractivity contribution in [3.63, 3.8) is 0 Å². The van der Waals surface area contributed by atoms with E-state index in [-0.39, 0.29) is 35.2 Å². The highest BCUT2D eigenvalue weighted by Gasteiger charge is 2.15. The Balaban J connectivity index is 1.58. The zero-order chi connectivity index (χ0) is 24.2. The van der Waals surface area contributed by atoms with Gasteiger partial charge in [-0.1, -0.05) is 24.3 Å². The Labute approximate surface area is 192 Å². The molecule has 1 aromatic heterocycles. The summed E-state index contributed by atoms with van der Waals surface area (Å²) in [6.07, 6.45) is 1.17. The van der Waals surface area contributed by atoms with E-state index in [1.165, 1.54) is 30.1 Å². The third-order valence-corrected chi connectivity index (χ3v) is 5.14. The van der Waals surface area contributed by atoms with E-state index in [4.69, 9.17) is 14.6 Å².